The molecule has 13 rings (SSSR count). The third-order valence-corrected chi connectivity index (χ3v) is 10.6. The molecule has 1 spiro atoms. The number of hydrogen-bond donors (Lipinski definition) is 0. The van der Waals surface area contributed by atoms with Crippen molar-refractivity contribution in [3.8, 4) is 56.8 Å². The lowest BCUT2D eigenvalue weighted by Gasteiger charge is -2.40. The van der Waals surface area contributed by atoms with Crippen molar-refractivity contribution in [3.63, 3.8) is 0 Å². The number of quaternary nitrogens is 1. The molecular weight excluding hydrogens is 520 g/mol. The van der Waals surface area contributed by atoms with Crippen LogP contribution in [0, 0.1) is 0 Å². The van der Waals surface area contributed by atoms with Crippen molar-refractivity contribution in [3.05, 3.63) is 97.3 Å². The molecule has 6 aromatic rings. The van der Waals surface area contributed by atoms with E-state index in [1.807, 2.05) is 0 Å². The van der Waals surface area contributed by atoms with Crippen molar-refractivity contribution in [2.45, 2.75) is 0 Å². The molecule has 0 saturated carbocycles. The van der Waals surface area contributed by atoms with Crippen molar-refractivity contribution in [1.29, 1.82) is 0 Å². The average molecular weight is 536 g/mol. The minimum atomic E-state index is 0.0645. The second-order valence-corrected chi connectivity index (χ2v) is 12.2. The molecule has 7 aliphatic rings. The zero-order valence-corrected chi connectivity index (χ0v) is 22.0. The van der Waals surface area contributed by atoms with Gasteiger partial charge in [0, 0.05) is 32.6 Å². The summed E-state index contributed by atoms with van der Waals surface area (Å²) < 4.78 is 25.7. The van der Waals surface area contributed by atoms with E-state index >= 15 is 0 Å². The number of rotatable bonds is 0. The Labute approximate surface area is 239 Å². The van der Waals surface area contributed by atoms with Crippen molar-refractivity contribution in [2.24, 2.45) is 0 Å². The molecule has 0 radical (unpaired) electrons. The summed E-state index contributed by atoms with van der Waals surface area (Å²) in [4.78, 5) is 0. The molecular formula is C34H16B2N3O3+3. The van der Waals surface area contributed by atoms with Gasteiger partial charge in [0.25, 0.3) is 0 Å². The summed E-state index contributed by atoms with van der Waals surface area (Å²) in [6.45, 7) is 0.129. The van der Waals surface area contributed by atoms with E-state index in [4.69, 9.17) is 14.2 Å². The first-order valence-corrected chi connectivity index (χ1v) is 14.5. The maximum atomic E-state index is 6.89. The third-order valence-electron chi connectivity index (χ3n) is 10.6. The molecule has 0 unspecified atom stereocenters. The number of ether oxygens (including phenoxy) is 3. The minimum Gasteiger partial charge on any atom is -0.458 e. The Bertz CT molecular complexity index is 2270. The normalized spacial score (nSPS) is 16.8. The Kier molecular flexibility index (Phi) is 2.74. The Morgan fingerprint density at radius 3 is 1.38 bits per heavy atom. The van der Waals surface area contributed by atoms with Crippen LogP contribution in [0.3, 0.4) is 0 Å². The van der Waals surface area contributed by atoms with E-state index in [1.54, 1.807) is 0 Å². The molecule has 0 bridgehead atoms. The largest absolute Gasteiger partial charge is 0.458 e. The zero-order chi connectivity index (χ0) is 26.6. The molecule has 7 aliphatic heterocycles. The average Bonchev–Trinajstić information content (AvgIpc) is 3.56. The van der Waals surface area contributed by atoms with Crippen LogP contribution in [0.25, 0.3) is 22.3 Å². The van der Waals surface area contributed by atoms with Crippen molar-refractivity contribution in [1.82, 2.24) is 4.70 Å². The van der Waals surface area contributed by atoms with Gasteiger partial charge in [-0.2, -0.15) is 0 Å². The molecule has 8 heteroatoms. The summed E-state index contributed by atoms with van der Waals surface area (Å²) in [5.41, 5.74) is 14.7. The van der Waals surface area contributed by atoms with E-state index in [1.165, 1.54) is 55.3 Å². The molecule has 2 aromatic heterocycles. The van der Waals surface area contributed by atoms with Crippen LogP contribution >= 0.6 is 0 Å². The van der Waals surface area contributed by atoms with E-state index in [-0.39, 0.29) is 13.4 Å². The summed E-state index contributed by atoms with van der Waals surface area (Å²) >= 11 is 0. The predicted octanol–water partition coefficient (Wildman–Crippen LogP) is 1.76. The van der Waals surface area contributed by atoms with Gasteiger partial charge in [0.05, 0.1) is 10.9 Å². The highest BCUT2D eigenvalue weighted by Crippen LogP contribution is 2.54. The number of aromatic nitrogens is 2. The quantitative estimate of drug-likeness (QED) is 0.169. The first kappa shape index (κ1) is 19.7. The van der Waals surface area contributed by atoms with Gasteiger partial charge in [0.15, 0.2) is 4.70 Å². The van der Waals surface area contributed by atoms with Crippen LogP contribution in [0.2, 0.25) is 0 Å². The Morgan fingerprint density at radius 2 is 0.857 bits per heavy atom. The van der Waals surface area contributed by atoms with E-state index in [0.717, 1.165) is 45.9 Å². The maximum Gasteiger partial charge on any atom is 0.351 e. The molecule has 9 heterocycles. The highest BCUT2D eigenvalue weighted by atomic mass is 16.5. The molecule has 0 fully saturated rings. The van der Waals surface area contributed by atoms with Gasteiger partial charge >= 0.3 is 24.8 Å². The topological polar surface area (TPSA) is 35.5 Å². The molecule has 0 aliphatic carbocycles. The van der Waals surface area contributed by atoms with Crippen LogP contribution in [0.4, 0.5) is 11.4 Å². The van der Waals surface area contributed by atoms with Gasteiger partial charge in [0.2, 0.25) is 35.1 Å². The molecule has 42 heavy (non-hydrogen) atoms. The maximum absolute atomic E-state index is 6.89. The first-order valence-electron chi connectivity index (χ1n) is 14.5. The van der Waals surface area contributed by atoms with Crippen LogP contribution in [0.15, 0.2) is 97.3 Å². The molecule has 188 valence electrons. The number of nitrogens with zero attached hydrogens (tertiary/aromatic N) is 3. The molecule has 0 N–H and O–H groups in total. The third kappa shape index (κ3) is 1.69. The van der Waals surface area contributed by atoms with Crippen molar-refractivity contribution in [2.75, 3.05) is 0 Å². The second kappa shape index (κ2) is 5.84. The number of pyridine rings is 2. The summed E-state index contributed by atoms with van der Waals surface area (Å²) in [7, 11) is 0. The Balaban J connectivity index is 1.32. The van der Waals surface area contributed by atoms with E-state index in [2.05, 4.69) is 107 Å². The number of benzene rings is 4. The fourth-order valence-corrected chi connectivity index (χ4v) is 9.41. The molecule has 0 atom stereocenters. The van der Waals surface area contributed by atoms with Gasteiger partial charge in [-0.3, -0.25) is 0 Å². The summed E-state index contributed by atoms with van der Waals surface area (Å²) in [6, 6.07) is 30.2. The van der Waals surface area contributed by atoms with Crippen LogP contribution in [0.1, 0.15) is 0 Å². The van der Waals surface area contributed by atoms with Crippen molar-refractivity contribution >= 4 is 57.8 Å². The smallest absolute Gasteiger partial charge is 0.351 e. The van der Waals surface area contributed by atoms with E-state index in [9.17, 15) is 0 Å². The van der Waals surface area contributed by atoms with E-state index in [0.29, 0.717) is 4.70 Å². The molecule has 0 saturated heterocycles. The lowest BCUT2D eigenvalue weighted by molar-refractivity contribution is -1.03. The summed E-state index contributed by atoms with van der Waals surface area (Å²) in [5, 5.41) is 0. The molecule has 0 amide bonds. The van der Waals surface area contributed by atoms with Crippen LogP contribution in [-0.4, -0.2) is 13.4 Å². The van der Waals surface area contributed by atoms with Crippen molar-refractivity contribution < 1.29 is 23.6 Å². The van der Waals surface area contributed by atoms with Gasteiger partial charge in [-0.05, 0) is 70.6 Å². The predicted molar refractivity (Wildman–Crippen MR) is 159 cm³/mol. The highest BCUT2D eigenvalue weighted by Gasteiger charge is 2.76. The highest BCUT2D eigenvalue weighted by molar-refractivity contribution is 7.01. The van der Waals surface area contributed by atoms with Gasteiger partial charge in [-0.1, -0.05) is 24.3 Å². The van der Waals surface area contributed by atoms with E-state index < -0.39 is 0 Å². The van der Waals surface area contributed by atoms with Gasteiger partial charge in [-0.15, -0.1) is 0 Å². The fourth-order valence-electron chi connectivity index (χ4n) is 9.41. The fraction of sp³-hybridized carbons (Fsp3) is 0. The standard InChI is InChI=1S/C34H16B2N3O3/c1-5-17-19-7-3-15-37-33(19)35-27(17)21(9-1)40-23-11-13-25-31(29(23)35)39(37)32-26(42-25)14-12-24-30(32)36-28-18(6-2-10-22(28)41-24)20-8-4-16-38(39)34(20)36/h1-16H/q+3. The first-order chi connectivity index (χ1) is 20.8. The molecule has 6 nitrogen and oxygen atoms in total. The SMILES string of the molecule is c1cc2c3c(c1)-c1ccc[n+]4c1B3c1c(ccc3c1[N+]41c4c(ccc5c4B4c6c(cccc6-c6ccc[n+]1c64)O5)O3)O2. The van der Waals surface area contributed by atoms with Crippen LogP contribution in [-0.2, 0) is 0 Å². The lowest BCUT2D eigenvalue weighted by atomic mass is 9.37. The Hall–Kier alpha value is -5.33. The van der Waals surface area contributed by atoms with Gasteiger partial charge < -0.3 is 14.2 Å². The number of fused-ring (bicyclic) bond motifs is 2. The monoisotopic (exact) mass is 536 g/mol. The zero-order valence-electron chi connectivity index (χ0n) is 22.0. The second-order valence-electron chi connectivity index (χ2n) is 12.2. The summed E-state index contributed by atoms with van der Waals surface area (Å²) in [6.07, 6.45) is 4.52. The van der Waals surface area contributed by atoms with Gasteiger partial charge in [0.1, 0.15) is 23.0 Å². The van der Waals surface area contributed by atoms with Crippen LogP contribution in [0.5, 0.6) is 34.5 Å². The molecule has 4 aromatic carbocycles. The lowest BCUT2D eigenvalue weighted by Crippen LogP contribution is -2.98. The number of hydrogen-bond acceptors (Lipinski definition) is 3. The van der Waals surface area contributed by atoms with Gasteiger partial charge in [-0.25, -0.2) is 0 Å². The summed E-state index contributed by atoms with van der Waals surface area (Å²) in [5.74, 6) is 5.41. The van der Waals surface area contributed by atoms with Crippen LogP contribution < -0.4 is 61.3 Å². The minimum absolute atomic E-state index is 0.0645. The Morgan fingerprint density at radius 1 is 0.429 bits per heavy atom.